The molecule has 0 bridgehead atoms. The van der Waals surface area contributed by atoms with E-state index in [0.717, 1.165) is 38.5 Å². The van der Waals surface area contributed by atoms with Gasteiger partial charge in [0.15, 0.2) is 0 Å². The highest BCUT2D eigenvalue weighted by Gasteiger charge is 2.57. The maximum absolute atomic E-state index is 12.6. The van der Waals surface area contributed by atoms with Gasteiger partial charge in [-0.2, -0.15) is 0 Å². The van der Waals surface area contributed by atoms with Gasteiger partial charge in [-0.3, -0.25) is 4.79 Å². The number of aliphatic hydroxyl groups excluding tert-OH is 1. The van der Waals surface area contributed by atoms with Crippen LogP contribution in [0.2, 0.25) is 0 Å². The van der Waals surface area contributed by atoms with Gasteiger partial charge in [-0.05, 0) is 68.8 Å². The van der Waals surface area contributed by atoms with Gasteiger partial charge in [0, 0.05) is 5.57 Å². The monoisotopic (exact) mass is 362 g/mol. The Kier molecular flexibility index (Phi) is 5.04. The highest BCUT2D eigenvalue weighted by Crippen LogP contribution is 2.62. The van der Waals surface area contributed by atoms with E-state index in [2.05, 4.69) is 20.4 Å². The van der Waals surface area contributed by atoms with Crippen molar-refractivity contribution in [2.75, 3.05) is 7.11 Å². The molecule has 1 N–H and O–H groups in total. The molecule has 26 heavy (non-hydrogen) atoms. The second-order valence-corrected chi connectivity index (χ2v) is 8.60. The number of allylic oxidation sites excluding steroid dienone is 1. The fourth-order valence-corrected chi connectivity index (χ4v) is 5.90. The summed E-state index contributed by atoms with van der Waals surface area (Å²) < 4.78 is 9.95. The predicted octanol–water partition coefficient (Wildman–Crippen LogP) is 3.52. The molecule has 5 atom stereocenters. The number of ether oxygens (including phenoxy) is 2. The minimum Gasteiger partial charge on any atom is -0.469 e. The van der Waals surface area contributed by atoms with Crippen molar-refractivity contribution in [1.29, 1.82) is 0 Å². The van der Waals surface area contributed by atoms with E-state index in [1.165, 1.54) is 18.8 Å². The second kappa shape index (κ2) is 6.84. The minimum absolute atomic E-state index is 0.0296. The van der Waals surface area contributed by atoms with Crippen molar-refractivity contribution >= 4 is 11.9 Å². The Morgan fingerprint density at radius 1 is 1.42 bits per heavy atom. The summed E-state index contributed by atoms with van der Waals surface area (Å²) in [6, 6.07) is 0. The van der Waals surface area contributed by atoms with Gasteiger partial charge in [0.25, 0.3) is 0 Å². The number of carbonyl (C=O) groups is 2. The van der Waals surface area contributed by atoms with Crippen LogP contribution in [-0.2, 0) is 19.1 Å². The van der Waals surface area contributed by atoms with E-state index in [9.17, 15) is 14.7 Å². The fraction of sp³-hybridized carbons (Fsp3) is 0.714. The standard InChI is InChI=1S/C21H30O5/c1-13-6-9-16-20(2,10-5-11-21(16,3)19(24)25-4)15(13)8-7-14-12-17(22)26-18(14)23/h12,15-17,22H,1,5-11H2,2-4H3/t15-,16+,17+,20-,21+/m0/s1. The molecule has 2 saturated carbocycles. The number of methoxy groups -OCH3 is 1. The first-order valence-electron chi connectivity index (χ1n) is 9.58. The summed E-state index contributed by atoms with van der Waals surface area (Å²) >= 11 is 0. The number of aliphatic hydroxyl groups is 1. The molecule has 5 heteroatoms. The van der Waals surface area contributed by atoms with Gasteiger partial charge in [0.1, 0.15) is 0 Å². The first kappa shape index (κ1) is 19.2. The van der Waals surface area contributed by atoms with Crippen LogP contribution < -0.4 is 0 Å². The van der Waals surface area contributed by atoms with Gasteiger partial charge in [0.05, 0.1) is 12.5 Å². The highest BCUT2D eigenvalue weighted by molar-refractivity contribution is 5.90. The van der Waals surface area contributed by atoms with Crippen molar-refractivity contribution in [2.45, 2.75) is 65.1 Å². The Morgan fingerprint density at radius 2 is 2.15 bits per heavy atom. The van der Waals surface area contributed by atoms with E-state index >= 15 is 0 Å². The van der Waals surface area contributed by atoms with Crippen molar-refractivity contribution < 1.29 is 24.2 Å². The molecule has 144 valence electrons. The summed E-state index contributed by atoms with van der Waals surface area (Å²) in [5, 5.41) is 9.47. The quantitative estimate of drug-likeness (QED) is 0.612. The lowest BCUT2D eigenvalue weighted by Crippen LogP contribution is -2.53. The van der Waals surface area contributed by atoms with E-state index in [1.807, 2.05) is 0 Å². The molecule has 0 unspecified atom stereocenters. The maximum Gasteiger partial charge on any atom is 0.336 e. The van der Waals surface area contributed by atoms with Crippen LogP contribution in [0.5, 0.6) is 0 Å². The number of esters is 2. The molecule has 0 aromatic rings. The van der Waals surface area contributed by atoms with Crippen molar-refractivity contribution in [1.82, 2.24) is 0 Å². The minimum atomic E-state index is -1.12. The number of cyclic esters (lactones) is 1. The summed E-state index contributed by atoms with van der Waals surface area (Å²) in [5.41, 5.74) is 1.27. The number of fused-ring (bicyclic) bond motifs is 1. The third-order valence-corrected chi connectivity index (χ3v) is 7.21. The van der Waals surface area contributed by atoms with Crippen molar-refractivity contribution in [3.63, 3.8) is 0 Å². The summed E-state index contributed by atoms with van der Waals surface area (Å²) in [6.07, 6.45) is 6.51. The molecule has 3 rings (SSSR count). The highest BCUT2D eigenvalue weighted by atomic mass is 16.6. The molecule has 3 aliphatic rings. The smallest absolute Gasteiger partial charge is 0.336 e. The van der Waals surface area contributed by atoms with E-state index in [0.29, 0.717) is 12.0 Å². The first-order valence-corrected chi connectivity index (χ1v) is 9.58. The number of hydrogen-bond donors (Lipinski definition) is 1. The van der Waals surface area contributed by atoms with Gasteiger partial charge in [-0.1, -0.05) is 25.5 Å². The summed E-state index contributed by atoms with van der Waals surface area (Å²) in [5.74, 6) is -0.0349. The number of rotatable bonds is 4. The van der Waals surface area contributed by atoms with Gasteiger partial charge >= 0.3 is 11.9 Å². The van der Waals surface area contributed by atoms with E-state index in [4.69, 9.17) is 9.47 Å². The fourth-order valence-electron chi connectivity index (χ4n) is 5.90. The van der Waals surface area contributed by atoms with Crippen LogP contribution in [0.3, 0.4) is 0 Å². The first-order chi connectivity index (χ1) is 12.2. The van der Waals surface area contributed by atoms with Crippen molar-refractivity contribution in [2.24, 2.45) is 22.7 Å². The predicted molar refractivity (Wildman–Crippen MR) is 96.9 cm³/mol. The average Bonchev–Trinajstić information content (AvgIpc) is 2.90. The van der Waals surface area contributed by atoms with Crippen LogP contribution in [-0.4, -0.2) is 30.4 Å². The van der Waals surface area contributed by atoms with Crippen LogP contribution in [0.1, 0.15) is 58.8 Å². The second-order valence-electron chi connectivity index (χ2n) is 8.60. The lowest BCUT2D eigenvalue weighted by Gasteiger charge is -2.57. The molecule has 2 aliphatic carbocycles. The summed E-state index contributed by atoms with van der Waals surface area (Å²) in [7, 11) is 1.47. The average molecular weight is 362 g/mol. The molecule has 0 amide bonds. The summed E-state index contributed by atoms with van der Waals surface area (Å²) in [6.45, 7) is 8.66. The van der Waals surface area contributed by atoms with Crippen LogP contribution in [0.25, 0.3) is 0 Å². The Balaban J connectivity index is 1.83. The van der Waals surface area contributed by atoms with Gasteiger partial charge in [0.2, 0.25) is 6.29 Å². The van der Waals surface area contributed by atoms with E-state index in [1.54, 1.807) is 0 Å². The summed E-state index contributed by atoms with van der Waals surface area (Å²) in [4.78, 5) is 24.4. The van der Waals surface area contributed by atoms with Crippen LogP contribution in [0.4, 0.5) is 0 Å². The van der Waals surface area contributed by atoms with Crippen LogP contribution in [0, 0.1) is 22.7 Å². The Bertz CT molecular complexity index is 651. The number of carbonyl (C=O) groups excluding carboxylic acids is 2. The zero-order valence-corrected chi connectivity index (χ0v) is 16.0. The zero-order chi connectivity index (χ0) is 19.1. The Morgan fingerprint density at radius 3 is 2.77 bits per heavy atom. The molecule has 0 aromatic carbocycles. The lowest BCUT2D eigenvalue weighted by atomic mass is 9.46. The van der Waals surface area contributed by atoms with Crippen molar-refractivity contribution in [3.05, 3.63) is 23.8 Å². The molecule has 0 saturated heterocycles. The van der Waals surface area contributed by atoms with Gasteiger partial charge in [-0.15, -0.1) is 0 Å². The van der Waals surface area contributed by atoms with E-state index in [-0.39, 0.29) is 23.2 Å². The lowest BCUT2D eigenvalue weighted by molar-refractivity contribution is -0.168. The molecule has 0 radical (unpaired) electrons. The largest absolute Gasteiger partial charge is 0.469 e. The van der Waals surface area contributed by atoms with Crippen molar-refractivity contribution in [3.8, 4) is 0 Å². The third-order valence-electron chi connectivity index (χ3n) is 7.21. The van der Waals surface area contributed by atoms with E-state index < -0.39 is 17.7 Å². The third kappa shape index (κ3) is 3.00. The molecule has 0 aromatic heterocycles. The Hall–Kier alpha value is -1.62. The molecule has 2 fully saturated rings. The zero-order valence-electron chi connectivity index (χ0n) is 16.0. The number of hydrogen-bond acceptors (Lipinski definition) is 5. The molecule has 1 aliphatic heterocycles. The molecular weight excluding hydrogens is 332 g/mol. The molecule has 5 nitrogen and oxygen atoms in total. The molecule has 1 heterocycles. The topological polar surface area (TPSA) is 72.8 Å². The van der Waals surface area contributed by atoms with Crippen LogP contribution >= 0.6 is 0 Å². The molecule has 0 spiro atoms. The Labute approximate surface area is 155 Å². The van der Waals surface area contributed by atoms with Crippen LogP contribution in [0.15, 0.2) is 23.8 Å². The normalized spacial score (nSPS) is 39.8. The van der Waals surface area contributed by atoms with Gasteiger partial charge < -0.3 is 14.6 Å². The van der Waals surface area contributed by atoms with Gasteiger partial charge in [-0.25, -0.2) is 4.79 Å². The molecular formula is C21H30O5. The maximum atomic E-state index is 12.6. The SMILES string of the molecule is C=C1CC[C@@H]2[C@@](C)(CCC[C@@]2(C)C(=O)OC)[C@H]1CCC1=C[C@H](O)OC1=O.